The lowest BCUT2D eigenvalue weighted by molar-refractivity contribution is -0.113. The van der Waals surface area contributed by atoms with Gasteiger partial charge in [-0.25, -0.2) is 4.99 Å². The predicted molar refractivity (Wildman–Crippen MR) is 121 cm³/mol. The number of hydrogen-bond acceptors (Lipinski definition) is 4. The minimum atomic E-state index is -0.228. The molecule has 1 N–H and O–H groups in total. The third-order valence-corrected chi connectivity index (χ3v) is 5.64. The van der Waals surface area contributed by atoms with Crippen LogP contribution in [-0.2, 0) is 4.79 Å². The van der Waals surface area contributed by atoms with Gasteiger partial charge in [-0.1, -0.05) is 41.4 Å². The number of amidine groups is 1. The second-order valence-electron chi connectivity index (χ2n) is 6.16. The Bertz CT molecular complexity index is 1130. The van der Waals surface area contributed by atoms with Gasteiger partial charge in [-0.3, -0.25) is 9.69 Å². The summed E-state index contributed by atoms with van der Waals surface area (Å²) in [5.41, 5.74) is 1.89. The molecule has 4 nitrogen and oxygen atoms in total. The fourth-order valence-corrected chi connectivity index (χ4v) is 3.99. The summed E-state index contributed by atoms with van der Waals surface area (Å²) in [5, 5.41) is 11.8. The van der Waals surface area contributed by atoms with Crippen molar-refractivity contribution in [2.45, 2.75) is 0 Å². The molecule has 0 unspecified atom stereocenters. The molecule has 1 aliphatic rings. The van der Waals surface area contributed by atoms with E-state index in [1.165, 1.54) is 16.7 Å². The highest BCUT2D eigenvalue weighted by molar-refractivity contribution is 8.19. The van der Waals surface area contributed by atoms with E-state index < -0.39 is 0 Å². The highest BCUT2D eigenvalue weighted by Gasteiger charge is 2.34. The normalized spacial score (nSPS) is 16.8. The van der Waals surface area contributed by atoms with Crippen LogP contribution in [0.5, 0.6) is 5.75 Å². The average Bonchev–Trinajstić information content (AvgIpc) is 3.01. The number of amides is 1. The predicted octanol–water partition coefficient (Wildman–Crippen LogP) is 6.51. The Labute approximate surface area is 182 Å². The highest BCUT2D eigenvalue weighted by atomic mass is 35.5. The molecule has 3 aromatic rings. The van der Waals surface area contributed by atoms with Crippen LogP contribution in [0.1, 0.15) is 5.56 Å². The second-order valence-corrected chi connectivity index (χ2v) is 8.04. The van der Waals surface area contributed by atoms with Crippen molar-refractivity contribution in [2.75, 3.05) is 4.90 Å². The van der Waals surface area contributed by atoms with E-state index in [0.29, 0.717) is 37.1 Å². The average molecular weight is 441 g/mol. The molecule has 1 heterocycles. The summed E-state index contributed by atoms with van der Waals surface area (Å²) in [6.45, 7) is 0. The van der Waals surface area contributed by atoms with Crippen molar-refractivity contribution >= 4 is 63.5 Å². The minimum Gasteiger partial charge on any atom is -0.507 e. The van der Waals surface area contributed by atoms with Crippen LogP contribution in [0.2, 0.25) is 10.0 Å². The maximum Gasteiger partial charge on any atom is 0.271 e. The third-order valence-electron chi connectivity index (χ3n) is 4.17. The van der Waals surface area contributed by atoms with Crippen LogP contribution < -0.4 is 4.90 Å². The Balaban J connectivity index is 1.78. The summed E-state index contributed by atoms with van der Waals surface area (Å²) < 4.78 is 0. The first-order valence-electron chi connectivity index (χ1n) is 8.63. The first-order valence-corrected chi connectivity index (χ1v) is 10.2. The molecule has 4 rings (SSSR count). The van der Waals surface area contributed by atoms with Crippen LogP contribution in [0.25, 0.3) is 6.08 Å². The lowest BCUT2D eigenvalue weighted by Gasteiger charge is -2.15. The number of para-hydroxylation sites is 1. The van der Waals surface area contributed by atoms with Crippen molar-refractivity contribution in [3.05, 3.63) is 93.3 Å². The molecule has 0 aliphatic carbocycles. The molecule has 1 amide bonds. The fourth-order valence-electron chi connectivity index (χ4n) is 2.74. The van der Waals surface area contributed by atoms with Crippen LogP contribution in [0.15, 0.2) is 82.7 Å². The van der Waals surface area contributed by atoms with Crippen LogP contribution in [0, 0.1) is 0 Å². The molecular formula is C22H14Cl2N2O2S. The summed E-state index contributed by atoms with van der Waals surface area (Å²) >= 11 is 13.2. The number of carbonyl (C=O) groups excluding carboxylic acids is 1. The molecule has 0 aromatic heterocycles. The number of hydrogen-bond donors (Lipinski definition) is 1. The van der Waals surface area contributed by atoms with Crippen LogP contribution in [0.3, 0.4) is 0 Å². The van der Waals surface area contributed by atoms with E-state index in [1.54, 1.807) is 78.9 Å². The molecule has 1 fully saturated rings. The molecule has 0 atom stereocenters. The molecule has 0 bridgehead atoms. The Morgan fingerprint density at radius 1 is 0.897 bits per heavy atom. The van der Waals surface area contributed by atoms with E-state index in [9.17, 15) is 9.90 Å². The van der Waals surface area contributed by atoms with Crippen molar-refractivity contribution < 1.29 is 9.90 Å². The Morgan fingerprint density at radius 2 is 1.52 bits per heavy atom. The summed E-state index contributed by atoms with van der Waals surface area (Å²) in [4.78, 5) is 19.8. The van der Waals surface area contributed by atoms with Crippen molar-refractivity contribution in [3.8, 4) is 5.75 Å². The maximum absolute atomic E-state index is 13.2. The monoisotopic (exact) mass is 440 g/mol. The lowest BCUT2D eigenvalue weighted by Crippen LogP contribution is -2.28. The van der Waals surface area contributed by atoms with Gasteiger partial charge in [-0.15, -0.1) is 0 Å². The lowest BCUT2D eigenvalue weighted by atomic mass is 10.2. The number of phenolic OH excluding ortho intramolecular Hbond substituents is 1. The maximum atomic E-state index is 13.2. The fraction of sp³-hybridized carbons (Fsp3) is 0. The van der Waals surface area contributed by atoms with Crippen molar-refractivity contribution in [3.63, 3.8) is 0 Å². The summed E-state index contributed by atoms with van der Waals surface area (Å²) in [6, 6.07) is 20.9. The van der Waals surface area contributed by atoms with E-state index >= 15 is 0 Å². The first kappa shape index (κ1) is 19.6. The molecule has 0 spiro atoms. The number of aromatic hydroxyl groups is 1. The van der Waals surface area contributed by atoms with Gasteiger partial charge in [-0.2, -0.15) is 0 Å². The van der Waals surface area contributed by atoms with Gasteiger partial charge in [0, 0.05) is 15.6 Å². The zero-order valence-corrected chi connectivity index (χ0v) is 17.2. The van der Waals surface area contributed by atoms with E-state index in [2.05, 4.69) is 4.99 Å². The number of thioether (sulfide) groups is 1. The molecule has 1 saturated heterocycles. The van der Waals surface area contributed by atoms with Gasteiger partial charge in [0.05, 0.1) is 16.3 Å². The van der Waals surface area contributed by atoms with Gasteiger partial charge in [0.25, 0.3) is 5.91 Å². The zero-order chi connectivity index (χ0) is 20.4. The topological polar surface area (TPSA) is 52.9 Å². The molecule has 0 saturated carbocycles. The van der Waals surface area contributed by atoms with E-state index in [1.807, 2.05) is 0 Å². The van der Waals surface area contributed by atoms with Crippen molar-refractivity contribution in [1.82, 2.24) is 0 Å². The molecule has 3 aromatic carbocycles. The van der Waals surface area contributed by atoms with E-state index in [0.717, 1.165) is 0 Å². The molecule has 7 heteroatoms. The molecule has 144 valence electrons. The number of nitrogens with zero attached hydrogens (tertiary/aromatic N) is 2. The highest BCUT2D eigenvalue weighted by Crippen LogP contribution is 2.38. The van der Waals surface area contributed by atoms with Gasteiger partial charge in [0.15, 0.2) is 5.17 Å². The van der Waals surface area contributed by atoms with Gasteiger partial charge >= 0.3 is 0 Å². The Morgan fingerprint density at radius 3 is 2.17 bits per heavy atom. The number of rotatable bonds is 3. The largest absolute Gasteiger partial charge is 0.507 e. The van der Waals surface area contributed by atoms with Crippen LogP contribution >= 0.6 is 35.0 Å². The Kier molecular flexibility index (Phi) is 5.62. The Hall–Kier alpha value is -2.73. The van der Waals surface area contributed by atoms with Crippen LogP contribution in [0.4, 0.5) is 11.4 Å². The summed E-state index contributed by atoms with van der Waals surface area (Å²) in [7, 11) is 0. The summed E-state index contributed by atoms with van der Waals surface area (Å²) in [6.07, 6.45) is 1.66. The van der Waals surface area contributed by atoms with Gasteiger partial charge in [-0.05, 0) is 72.4 Å². The molecule has 0 radical (unpaired) electrons. The van der Waals surface area contributed by atoms with E-state index in [-0.39, 0.29) is 11.7 Å². The smallest absolute Gasteiger partial charge is 0.271 e. The van der Waals surface area contributed by atoms with E-state index in [4.69, 9.17) is 23.2 Å². The number of aliphatic imine (C=N–C) groups is 1. The molecule has 1 aliphatic heterocycles. The number of carbonyl (C=O) groups is 1. The summed E-state index contributed by atoms with van der Waals surface area (Å²) in [5.74, 6) is -0.122. The SMILES string of the molecule is O=C1/C(=C/c2ccccc2O)SC(=Nc2ccc(Cl)cc2)N1c1ccc(Cl)cc1. The zero-order valence-electron chi connectivity index (χ0n) is 14.9. The number of anilines is 1. The van der Waals surface area contributed by atoms with Crippen molar-refractivity contribution in [1.29, 1.82) is 0 Å². The van der Waals surface area contributed by atoms with Crippen LogP contribution in [-0.4, -0.2) is 16.2 Å². The number of halogens is 2. The quantitative estimate of drug-likeness (QED) is 0.472. The van der Waals surface area contributed by atoms with Crippen molar-refractivity contribution in [2.24, 2.45) is 4.99 Å². The standard InChI is InChI=1S/C22H14Cl2N2O2S/c23-15-5-9-17(10-6-15)25-22-26(18-11-7-16(24)8-12-18)21(28)20(29-22)13-14-3-1-2-4-19(14)27/h1-13,27H/b20-13-,25-22?. The third kappa shape index (κ3) is 4.32. The van der Waals surface area contributed by atoms with Gasteiger partial charge in [0.2, 0.25) is 0 Å². The molecular weight excluding hydrogens is 427 g/mol. The minimum absolute atomic E-state index is 0.106. The molecule has 29 heavy (non-hydrogen) atoms. The number of phenols is 1. The number of benzene rings is 3. The second kappa shape index (κ2) is 8.33. The van der Waals surface area contributed by atoms with Gasteiger partial charge < -0.3 is 5.11 Å². The first-order chi connectivity index (χ1) is 14.0. The van der Waals surface area contributed by atoms with Gasteiger partial charge in [0.1, 0.15) is 5.75 Å².